The van der Waals surface area contributed by atoms with Crippen LogP contribution in [0.25, 0.3) is 6.08 Å². The molecular weight excluding hydrogens is 368 g/mol. The van der Waals surface area contributed by atoms with Gasteiger partial charge >= 0.3 is 0 Å². The van der Waals surface area contributed by atoms with Crippen molar-refractivity contribution in [2.24, 2.45) is 0 Å². The van der Waals surface area contributed by atoms with Crippen LogP contribution in [0, 0.1) is 0 Å². The van der Waals surface area contributed by atoms with Crippen LogP contribution in [0.1, 0.15) is 35.7 Å². The fourth-order valence-corrected chi connectivity index (χ4v) is 3.23. The largest absolute Gasteiger partial charge is 0.493 e. The van der Waals surface area contributed by atoms with E-state index in [0.717, 1.165) is 17.7 Å². The van der Waals surface area contributed by atoms with Gasteiger partial charge in [0.2, 0.25) is 5.75 Å². The second kappa shape index (κ2) is 9.87. The summed E-state index contributed by atoms with van der Waals surface area (Å²) in [6, 6.07) is 9.05. The maximum atomic E-state index is 13.2. The third-order valence-corrected chi connectivity index (χ3v) is 4.65. The predicted molar refractivity (Wildman–Crippen MR) is 118 cm³/mol. The summed E-state index contributed by atoms with van der Waals surface area (Å²) in [7, 11) is 8.52. The number of anilines is 2. The van der Waals surface area contributed by atoms with E-state index in [1.165, 1.54) is 0 Å². The molecule has 0 unspecified atom stereocenters. The van der Waals surface area contributed by atoms with Crippen LogP contribution in [0.5, 0.6) is 17.2 Å². The van der Waals surface area contributed by atoms with Gasteiger partial charge in [-0.25, -0.2) is 0 Å². The van der Waals surface area contributed by atoms with Gasteiger partial charge in [0.15, 0.2) is 17.3 Å². The van der Waals surface area contributed by atoms with Crippen LogP contribution in [0.2, 0.25) is 0 Å². The van der Waals surface area contributed by atoms with Gasteiger partial charge in [-0.1, -0.05) is 13.3 Å². The first-order valence-corrected chi connectivity index (χ1v) is 9.48. The van der Waals surface area contributed by atoms with Crippen molar-refractivity contribution in [3.8, 4) is 17.2 Å². The fraction of sp³-hybridized carbons (Fsp3) is 0.348. The normalized spacial score (nSPS) is 11.2. The Balaban J connectivity index is 2.52. The van der Waals surface area contributed by atoms with Crippen molar-refractivity contribution in [2.75, 3.05) is 46.1 Å². The minimum atomic E-state index is -0.0549. The molecule has 0 bridgehead atoms. The Labute approximate surface area is 172 Å². The molecule has 0 saturated carbocycles. The van der Waals surface area contributed by atoms with Gasteiger partial charge in [0.25, 0.3) is 0 Å². The number of methoxy groups -OCH3 is 3. The van der Waals surface area contributed by atoms with Gasteiger partial charge in [-0.3, -0.25) is 4.79 Å². The highest BCUT2D eigenvalue weighted by Crippen LogP contribution is 2.41. The summed E-state index contributed by atoms with van der Waals surface area (Å²) < 4.78 is 16.3. The number of hydrogen-bond donors (Lipinski definition) is 1. The van der Waals surface area contributed by atoms with E-state index in [1.54, 1.807) is 33.5 Å². The number of hydrogen-bond acceptors (Lipinski definition) is 6. The van der Waals surface area contributed by atoms with Crippen molar-refractivity contribution in [3.05, 3.63) is 47.0 Å². The molecule has 0 fully saturated rings. The maximum absolute atomic E-state index is 13.2. The Hall–Kier alpha value is -3.15. The van der Waals surface area contributed by atoms with Crippen LogP contribution in [-0.2, 0) is 0 Å². The number of ether oxygens (including phenoxy) is 3. The second-order valence-electron chi connectivity index (χ2n) is 6.84. The number of nitrogens with zero attached hydrogens (tertiary/aromatic N) is 1. The summed E-state index contributed by atoms with van der Waals surface area (Å²) in [6.07, 6.45) is 3.31. The second-order valence-corrected chi connectivity index (χ2v) is 6.84. The molecule has 0 atom stereocenters. The number of benzene rings is 2. The molecule has 0 aliphatic carbocycles. The standard InChI is InChI=1S/C23H30N2O4/c1-7-8-15(21(26)16-9-11-19(25(2)3)18(24)14-16)13-17-10-12-20(27-4)23(29-6)22(17)28-5/h9-14H,7-8,24H2,1-6H3. The third kappa shape index (κ3) is 4.83. The molecule has 0 aromatic heterocycles. The topological polar surface area (TPSA) is 74.0 Å². The van der Waals surface area contributed by atoms with E-state index in [2.05, 4.69) is 0 Å². The van der Waals surface area contributed by atoms with Crippen LogP contribution in [0.4, 0.5) is 11.4 Å². The molecule has 29 heavy (non-hydrogen) atoms. The zero-order chi connectivity index (χ0) is 21.6. The number of carbonyl (C=O) groups excluding carboxylic acids is 1. The van der Waals surface area contributed by atoms with Gasteiger partial charge in [-0.15, -0.1) is 0 Å². The summed E-state index contributed by atoms with van der Waals surface area (Å²) in [5.74, 6) is 1.53. The van der Waals surface area contributed by atoms with Crippen molar-refractivity contribution >= 4 is 23.2 Å². The van der Waals surface area contributed by atoms with Crippen molar-refractivity contribution in [1.29, 1.82) is 0 Å². The lowest BCUT2D eigenvalue weighted by Crippen LogP contribution is -2.12. The molecule has 2 aromatic rings. The van der Waals surface area contributed by atoms with Crippen LogP contribution in [-0.4, -0.2) is 41.2 Å². The van der Waals surface area contributed by atoms with E-state index in [0.29, 0.717) is 40.5 Å². The molecule has 156 valence electrons. The molecule has 0 saturated heterocycles. The van der Waals surface area contributed by atoms with E-state index in [4.69, 9.17) is 19.9 Å². The summed E-state index contributed by atoms with van der Waals surface area (Å²) in [4.78, 5) is 15.1. The van der Waals surface area contributed by atoms with Gasteiger partial charge < -0.3 is 24.8 Å². The fourth-order valence-electron chi connectivity index (χ4n) is 3.23. The number of rotatable bonds is 9. The number of ketones is 1. The van der Waals surface area contributed by atoms with Gasteiger partial charge in [0.05, 0.1) is 32.7 Å². The summed E-state index contributed by atoms with van der Waals surface area (Å²) in [5, 5.41) is 0. The zero-order valence-corrected chi connectivity index (χ0v) is 18.0. The van der Waals surface area contributed by atoms with Crippen LogP contribution in [0.15, 0.2) is 35.9 Å². The van der Waals surface area contributed by atoms with Gasteiger partial charge in [0, 0.05) is 30.8 Å². The molecule has 2 rings (SSSR count). The first-order valence-electron chi connectivity index (χ1n) is 9.48. The summed E-state index contributed by atoms with van der Waals surface area (Å²) in [5.41, 5.74) is 9.58. The van der Waals surface area contributed by atoms with Crippen LogP contribution < -0.4 is 24.8 Å². The predicted octanol–water partition coefficient (Wildman–Crippen LogP) is 4.43. The molecule has 0 amide bonds. The number of allylic oxidation sites excluding steroid dienone is 1. The first kappa shape index (κ1) is 22.1. The highest BCUT2D eigenvalue weighted by Gasteiger charge is 2.18. The monoisotopic (exact) mass is 398 g/mol. The lowest BCUT2D eigenvalue weighted by Gasteiger charge is -2.17. The SMILES string of the molecule is CCCC(=Cc1ccc(OC)c(OC)c1OC)C(=O)c1ccc(N(C)C)c(N)c1. The van der Waals surface area contributed by atoms with Crippen LogP contribution >= 0.6 is 0 Å². The first-order chi connectivity index (χ1) is 13.9. The molecule has 6 nitrogen and oxygen atoms in total. The van der Waals surface area contributed by atoms with E-state index in [1.807, 2.05) is 50.2 Å². The lowest BCUT2D eigenvalue weighted by molar-refractivity contribution is 0.103. The molecule has 6 heteroatoms. The molecule has 2 aromatic carbocycles. The van der Waals surface area contributed by atoms with Gasteiger partial charge in [-0.05, 0) is 42.8 Å². The summed E-state index contributed by atoms with van der Waals surface area (Å²) in [6.45, 7) is 2.04. The van der Waals surface area contributed by atoms with E-state index in [-0.39, 0.29) is 5.78 Å². The summed E-state index contributed by atoms with van der Waals surface area (Å²) >= 11 is 0. The molecule has 0 heterocycles. The molecule has 0 radical (unpaired) electrons. The van der Waals surface area contributed by atoms with Crippen molar-refractivity contribution < 1.29 is 19.0 Å². The Bertz CT molecular complexity index is 904. The zero-order valence-electron chi connectivity index (χ0n) is 18.0. The highest BCUT2D eigenvalue weighted by atomic mass is 16.5. The number of Topliss-reactive ketones (excluding diaryl/α,β-unsaturated/α-hetero) is 1. The van der Waals surface area contributed by atoms with Gasteiger partial charge in [-0.2, -0.15) is 0 Å². The Morgan fingerprint density at radius 2 is 1.72 bits per heavy atom. The quantitative estimate of drug-likeness (QED) is 0.383. The average Bonchev–Trinajstić information content (AvgIpc) is 2.71. The minimum absolute atomic E-state index is 0.0549. The molecular formula is C23H30N2O4. The smallest absolute Gasteiger partial charge is 0.203 e. The average molecular weight is 399 g/mol. The molecule has 0 aliphatic rings. The lowest BCUT2D eigenvalue weighted by atomic mass is 9.96. The third-order valence-electron chi connectivity index (χ3n) is 4.65. The van der Waals surface area contributed by atoms with Crippen molar-refractivity contribution in [2.45, 2.75) is 19.8 Å². The molecule has 2 N–H and O–H groups in total. The number of carbonyl (C=O) groups is 1. The minimum Gasteiger partial charge on any atom is -0.493 e. The highest BCUT2D eigenvalue weighted by molar-refractivity contribution is 6.12. The molecule has 0 aliphatic heterocycles. The van der Waals surface area contributed by atoms with E-state index >= 15 is 0 Å². The van der Waals surface area contributed by atoms with E-state index < -0.39 is 0 Å². The van der Waals surface area contributed by atoms with Crippen molar-refractivity contribution in [1.82, 2.24) is 0 Å². The number of nitrogen functional groups attached to an aromatic ring is 1. The van der Waals surface area contributed by atoms with Crippen LogP contribution in [0.3, 0.4) is 0 Å². The Morgan fingerprint density at radius 3 is 2.24 bits per heavy atom. The molecule has 0 spiro atoms. The Kier molecular flexibility index (Phi) is 7.53. The van der Waals surface area contributed by atoms with Crippen molar-refractivity contribution in [3.63, 3.8) is 0 Å². The van der Waals surface area contributed by atoms with E-state index in [9.17, 15) is 4.79 Å². The number of nitrogens with two attached hydrogens (primary N) is 1. The maximum Gasteiger partial charge on any atom is 0.203 e. The Morgan fingerprint density at radius 1 is 1.03 bits per heavy atom. The van der Waals surface area contributed by atoms with Gasteiger partial charge in [0.1, 0.15) is 0 Å².